The zero-order valence-corrected chi connectivity index (χ0v) is 15.3. The van der Waals surface area contributed by atoms with E-state index in [9.17, 15) is 14.4 Å². The molecule has 4 amide bonds. The summed E-state index contributed by atoms with van der Waals surface area (Å²) in [6.07, 6.45) is 2.10. The third kappa shape index (κ3) is 6.74. The number of benzene rings is 1. The van der Waals surface area contributed by atoms with Crippen LogP contribution < -0.4 is 20.7 Å². The quantitative estimate of drug-likeness (QED) is 0.657. The Morgan fingerprint density at radius 2 is 2.15 bits per heavy atom. The molecule has 1 saturated heterocycles. The second-order valence-electron chi connectivity index (χ2n) is 6.83. The molecule has 1 aliphatic rings. The van der Waals surface area contributed by atoms with Crippen LogP contribution in [0.1, 0.15) is 38.7 Å². The number of carbonyl (C=O) groups is 3. The topological polar surface area (TPSA) is 96.5 Å². The van der Waals surface area contributed by atoms with Gasteiger partial charge in [-0.3, -0.25) is 14.9 Å². The summed E-state index contributed by atoms with van der Waals surface area (Å²) in [5, 5.41) is 7.46. The first kappa shape index (κ1) is 19.8. The molecule has 142 valence electrons. The largest absolute Gasteiger partial charge is 0.494 e. The van der Waals surface area contributed by atoms with Crippen LogP contribution in [-0.2, 0) is 16.0 Å². The lowest BCUT2D eigenvalue weighted by Crippen LogP contribution is -2.48. The maximum Gasteiger partial charge on any atom is 0.322 e. The van der Waals surface area contributed by atoms with Crippen LogP contribution in [0.4, 0.5) is 4.79 Å². The maximum atomic E-state index is 12.2. The molecule has 1 heterocycles. The van der Waals surface area contributed by atoms with Gasteiger partial charge in [0.05, 0.1) is 6.61 Å². The van der Waals surface area contributed by atoms with Crippen LogP contribution in [0.3, 0.4) is 0 Å². The summed E-state index contributed by atoms with van der Waals surface area (Å²) >= 11 is 0. The van der Waals surface area contributed by atoms with Crippen molar-refractivity contribution in [3.63, 3.8) is 0 Å². The second-order valence-corrected chi connectivity index (χ2v) is 6.83. The summed E-state index contributed by atoms with van der Waals surface area (Å²) in [4.78, 5) is 34.9. The molecule has 1 aromatic rings. The predicted octanol–water partition coefficient (Wildman–Crippen LogP) is 1.76. The lowest BCUT2D eigenvalue weighted by molar-refractivity contribution is -0.123. The Morgan fingerprint density at radius 3 is 2.92 bits per heavy atom. The van der Waals surface area contributed by atoms with Crippen LogP contribution in [0.5, 0.6) is 5.75 Å². The number of carbonyl (C=O) groups excluding carboxylic acids is 3. The van der Waals surface area contributed by atoms with Gasteiger partial charge in [-0.05, 0) is 42.9 Å². The van der Waals surface area contributed by atoms with Gasteiger partial charge in [-0.25, -0.2) is 4.79 Å². The van der Waals surface area contributed by atoms with Gasteiger partial charge >= 0.3 is 6.03 Å². The SMILES string of the molecule is CC(C)CCOc1cccc(CCNC(=O)C2CCC(=O)NC(=O)N2)c1. The molecule has 1 unspecified atom stereocenters. The number of nitrogens with one attached hydrogen (secondary N) is 3. The van der Waals surface area contributed by atoms with Gasteiger partial charge in [0.2, 0.25) is 11.8 Å². The molecule has 1 aromatic carbocycles. The molecular weight excluding hydrogens is 334 g/mol. The second kappa shape index (κ2) is 9.79. The first-order valence-electron chi connectivity index (χ1n) is 9.04. The molecule has 0 aromatic heterocycles. The van der Waals surface area contributed by atoms with Crippen LogP contribution in [0.2, 0.25) is 0 Å². The lowest BCUT2D eigenvalue weighted by atomic mass is 10.1. The van der Waals surface area contributed by atoms with Gasteiger partial charge in [0.15, 0.2) is 0 Å². The minimum absolute atomic E-state index is 0.145. The van der Waals surface area contributed by atoms with E-state index in [0.717, 1.165) is 17.7 Å². The molecule has 1 aliphatic heterocycles. The van der Waals surface area contributed by atoms with E-state index in [1.165, 1.54) is 0 Å². The van der Waals surface area contributed by atoms with E-state index >= 15 is 0 Å². The van der Waals surface area contributed by atoms with Crippen molar-refractivity contribution in [3.05, 3.63) is 29.8 Å². The molecular formula is C19H27N3O4. The van der Waals surface area contributed by atoms with E-state index in [4.69, 9.17) is 4.74 Å². The van der Waals surface area contributed by atoms with Crippen molar-refractivity contribution >= 4 is 17.8 Å². The molecule has 7 nitrogen and oxygen atoms in total. The lowest BCUT2D eigenvalue weighted by Gasteiger charge is -2.15. The Labute approximate surface area is 153 Å². The van der Waals surface area contributed by atoms with E-state index in [-0.39, 0.29) is 18.2 Å². The predicted molar refractivity (Wildman–Crippen MR) is 97.8 cm³/mol. The summed E-state index contributed by atoms with van der Waals surface area (Å²) < 4.78 is 5.74. The average molecular weight is 361 g/mol. The number of imide groups is 1. The molecule has 1 fully saturated rings. The van der Waals surface area contributed by atoms with Crippen LogP contribution in [0.25, 0.3) is 0 Å². The zero-order valence-electron chi connectivity index (χ0n) is 15.3. The van der Waals surface area contributed by atoms with Crippen molar-refractivity contribution in [2.75, 3.05) is 13.2 Å². The van der Waals surface area contributed by atoms with E-state index in [2.05, 4.69) is 29.8 Å². The summed E-state index contributed by atoms with van der Waals surface area (Å²) in [6.45, 7) is 5.45. The third-order valence-electron chi connectivity index (χ3n) is 4.11. The summed E-state index contributed by atoms with van der Waals surface area (Å²) in [7, 11) is 0. The van der Waals surface area contributed by atoms with Crippen LogP contribution in [0, 0.1) is 5.92 Å². The van der Waals surface area contributed by atoms with Crippen LogP contribution >= 0.6 is 0 Å². The highest BCUT2D eigenvalue weighted by molar-refractivity contribution is 5.98. The molecule has 26 heavy (non-hydrogen) atoms. The standard InChI is InChI=1S/C19H27N3O4/c1-13(2)9-11-26-15-5-3-4-14(12-15)8-10-20-18(24)16-6-7-17(23)22-19(25)21-16/h3-5,12-13,16H,6-11H2,1-2H3,(H,20,24)(H2,21,22,23,25). The molecule has 0 bridgehead atoms. The molecule has 1 atom stereocenters. The molecule has 7 heteroatoms. The van der Waals surface area contributed by atoms with Crippen LogP contribution in [-0.4, -0.2) is 37.0 Å². The Bertz CT molecular complexity index is 645. The number of rotatable bonds is 8. The van der Waals surface area contributed by atoms with Gasteiger partial charge in [0.1, 0.15) is 11.8 Å². The van der Waals surface area contributed by atoms with E-state index in [0.29, 0.717) is 31.9 Å². The van der Waals surface area contributed by atoms with Gasteiger partial charge in [-0.2, -0.15) is 0 Å². The van der Waals surface area contributed by atoms with E-state index in [1.807, 2.05) is 24.3 Å². The number of ether oxygens (including phenoxy) is 1. The number of hydrogen-bond acceptors (Lipinski definition) is 4. The van der Waals surface area contributed by atoms with Crippen molar-refractivity contribution in [1.29, 1.82) is 0 Å². The number of hydrogen-bond donors (Lipinski definition) is 3. The number of amides is 4. The van der Waals surface area contributed by atoms with Crippen molar-refractivity contribution in [2.24, 2.45) is 5.92 Å². The van der Waals surface area contributed by atoms with Gasteiger partial charge in [0.25, 0.3) is 0 Å². The summed E-state index contributed by atoms with van der Waals surface area (Å²) in [6, 6.07) is 6.50. The molecule has 0 spiro atoms. The smallest absolute Gasteiger partial charge is 0.322 e. The highest BCUT2D eigenvalue weighted by Crippen LogP contribution is 2.14. The molecule has 3 N–H and O–H groups in total. The minimum atomic E-state index is -0.688. The first-order valence-corrected chi connectivity index (χ1v) is 9.04. The monoisotopic (exact) mass is 361 g/mol. The highest BCUT2D eigenvalue weighted by atomic mass is 16.5. The van der Waals surface area contributed by atoms with Gasteiger partial charge < -0.3 is 15.4 Å². The van der Waals surface area contributed by atoms with Gasteiger partial charge in [-0.15, -0.1) is 0 Å². The van der Waals surface area contributed by atoms with Crippen LogP contribution in [0.15, 0.2) is 24.3 Å². The third-order valence-corrected chi connectivity index (χ3v) is 4.11. The van der Waals surface area contributed by atoms with Crippen molar-refractivity contribution < 1.29 is 19.1 Å². The Hall–Kier alpha value is -2.57. The molecule has 2 rings (SSSR count). The summed E-state index contributed by atoms with van der Waals surface area (Å²) in [5.74, 6) is 0.782. The highest BCUT2D eigenvalue weighted by Gasteiger charge is 2.25. The Kier molecular flexibility index (Phi) is 7.44. The van der Waals surface area contributed by atoms with Crippen molar-refractivity contribution in [3.8, 4) is 5.75 Å². The molecule has 0 aliphatic carbocycles. The normalized spacial score (nSPS) is 17.3. The van der Waals surface area contributed by atoms with Crippen molar-refractivity contribution in [2.45, 2.75) is 45.6 Å². The fourth-order valence-electron chi connectivity index (χ4n) is 2.58. The zero-order chi connectivity index (χ0) is 18.9. The average Bonchev–Trinajstić information content (AvgIpc) is 2.75. The minimum Gasteiger partial charge on any atom is -0.494 e. The molecule has 0 radical (unpaired) electrons. The Balaban J connectivity index is 1.77. The summed E-state index contributed by atoms with van der Waals surface area (Å²) in [5.41, 5.74) is 1.06. The fourth-order valence-corrected chi connectivity index (χ4v) is 2.58. The van der Waals surface area contributed by atoms with Gasteiger partial charge in [-0.1, -0.05) is 26.0 Å². The van der Waals surface area contributed by atoms with Gasteiger partial charge in [0, 0.05) is 13.0 Å². The van der Waals surface area contributed by atoms with E-state index < -0.39 is 12.1 Å². The first-order chi connectivity index (χ1) is 12.4. The fraction of sp³-hybridized carbons (Fsp3) is 0.526. The molecule has 0 saturated carbocycles. The van der Waals surface area contributed by atoms with E-state index in [1.54, 1.807) is 0 Å². The number of urea groups is 1. The van der Waals surface area contributed by atoms with Crippen molar-refractivity contribution in [1.82, 2.24) is 16.0 Å². The Morgan fingerprint density at radius 1 is 1.35 bits per heavy atom. The maximum absolute atomic E-state index is 12.2.